The molecule has 154 valence electrons. The summed E-state index contributed by atoms with van der Waals surface area (Å²) in [6, 6.07) is 24.0. The van der Waals surface area contributed by atoms with Gasteiger partial charge < -0.3 is 15.0 Å². The van der Waals surface area contributed by atoms with Crippen LogP contribution in [0.2, 0.25) is 5.02 Å². The number of carbonyl (C=O) groups excluding carboxylic acids is 1. The second-order valence-electron chi connectivity index (χ2n) is 7.60. The van der Waals surface area contributed by atoms with Crippen LogP contribution in [0.1, 0.15) is 16.7 Å². The Morgan fingerprint density at radius 3 is 2.67 bits per heavy atom. The van der Waals surface area contributed by atoms with Crippen molar-refractivity contribution in [3.63, 3.8) is 0 Å². The molecule has 3 aromatic rings. The van der Waals surface area contributed by atoms with Crippen molar-refractivity contribution in [3.05, 3.63) is 94.5 Å². The highest BCUT2D eigenvalue weighted by Crippen LogP contribution is 2.31. The van der Waals surface area contributed by atoms with Gasteiger partial charge >= 0.3 is 0 Å². The zero-order valence-electron chi connectivity index (χ0n) is 17.0. The van der Waals surface area contributed by atoms with Gasteiger partial charge in [0, 0.05) is 29.4 Å². The Balaban J connectivity index is 1.50. The van der Waals surface area contributed by atoms with Crippen LogP contribution in [0.3, 0.4) is 0 Å². The number of fused-ring (bicyclic) bond motifs is 1. The molecule has 1 aliphatic rings. The van der Waals surface area contributed by atoms with Crippen LogP contribution in [0.25, 0.3) is 0 Å². The summed E-state index contributed by atoms with van der Waals surface area (Å²) in [6.07, 6.45) is 1.06. The first-order valence-corrected chi connectivity index (χ1v) is 10.5. The summed E-state index contributed by atoms with van der Waals surface area (Å²) in [7, 11) is 1.63. The molecule has 4 rings (SSSR count). The minimum Gasteiger partial charge on any atom is -0.496 e. The van der Waals surface area contributed by atoms with Crippen molar-refractivity contribution in [2.24, 2.45) is 0 Å². The van der Waals surface area contributed by atoms with Crippen LogP contribution in [0, 0.1) is 0 Å². The predicted octanol–water partition coefficient (Wildman–Crippen LogP) is 4.64. The lowest BCUT2D eigenvalue weighted by molar-refractivity contribution is -0.121. The molecule has 1 aliphatic heterocycles. The number of hydrogen-bond acceptors (Lipinski definition) is 3. The monoisotopic (exact) mass is 420 g/mol. The second-order valence-corrected chi connectivity index (χ2v) is 8.03. The van der Waals surface area contributed by atoms with E-state index in [-0.39, 0.29) is 11.9 Å². The van der Waals surface area contributed by atoms with Gasteiger partial charge in [-0.1, -0.05) is 60.1 Å². The average molecular weight is 421 g/mol. The van der Waals surface area contributed by atoms with E-state index in [1.165, 1.54) is 11.3 Å². The Kier molecular flexibility index (Phi) is 6.24. The predicted molar refractivity (Wildman–Crippen MR) is 121 cm³/mol. The molecule has 1 heterocycles. The molecule has 0 spiro atoms. The highest BCUT2D eigenvalue weighted by atomic mass is 35.5. The number of nitrogens with one attached hydrogen (secondary N) is 1. The summed E-state index contributed by atoms with van der Waals surface area (Å²) in [5.41, 5.74) is 4.46. The Morgan fingerprint density at radius 1 is 1.10 bits per heavy atom. The SMILES string of the molecule is COc1ccccc1CC(=O)NC1Cc2cc(Cl)ccc2N(Cc2ccccc2)C1. The molecule has 0 saturated heterocycles. The van der Waals surface area contributed by atoms with Gasteiger partial charge in [0.2, 0.25) is 5.91 Å². The van der Waals surface area contributed by atoms with E-state index in [2.05, 4.69) is 40.5 Å². The van der Waals surface area contributed by atoms with Gasteiger partial charge in [0.25, 0.3) is 0 Å². The minimum absolute atomic E-state index is 0.00496. The third-order valence-corrected chi connectivity index (χ3v) is 5.65. The molecule has 1 atom stereocenters. The van der Waals surface area contributed by atoms with E-state index < -0.39 is 0 Å². The molecule has 0 radical (unpaired) electrons. The molecule has 30 heavy (non-hydrogen) atoms. The summed E-state index contributed by atoms with van der Waals surface area (Å²) in [5, 5.41) is 3.93. The number of benzene rings is 3. The molecular weight excluding hydrogens is 396 g/mol. The van der Waals surface area contributed by atoms with Gasteiger partial charge in [0.05, 0.1) is 19.6 Å². The molecule has 5 heteroatoms. The molecule has 0 bridgehead atoms. The van der Waals surface area contributed by atoms with Gasteiger partial charge in [-0.2, -0.15) is 0 Å². The summed E-state index contributed by atoms with van der Waals surface area (Å²) in [5.74, 6) is 0.730. The van der Waals surface area contributed by atoms with E-state index in [1.54, 1.807) is 7.11 Å². The maximum atomic E-state index is 12.8. The third kappa shape index (κ3) is 4.77. The van der Waals surface area contributed by atoms with E-state index in [0.717, 1.165) is 41.4 Å². The molecule has 0 aliphatic carbocycles. The lowest BCUT2D eigenvalue weighted by Gasteiger charge is -2.36. The van der Waals surface area contributed by atoms with Crippen molar-refractivity contribution in [2.45, 2.75) is 25.4 Å². The van der Waals surface area contributed by atoms with Crippen LogP contribution in [0.4, 0.5) is 5.69 Å². The van der Waals surface area contributed by atoms with Crippen LogP contribution in [-0.4, -0.2) is 25.6 Å². The van der Waals surface area contributed by atoms with E-state index >= 15 is 0 Å². The van der Waals surface area contributed by atoms with Gasteiger partial charge in [-0.3, -0.25) is 4.79 Å². The van der Waals surface area contributed by atoms with Crippen molar-refractivity contribution in [3.8, 4) is 5.75 Å². The number of halogens is 1. The number of nitrogens with zero attached hydrogens (tertiary/aromatic N) is 1. The van der Waals surface area contributed by atoms with E-state index in [0.29, 0.717) is 6.42 Å². The first-order valence-electron chi connectivity index (χ1n) is 10.1. The first kappa shape index (κ1) is 20.3. The Hall–Kier alpha value is -2.98. The first-order chi connectivity index (χ1) is 14.6. The molecule has 0 saturated carbocycles. The quantitative estimate of drug-likeness (QED) is 0.631. The van der Waals surface area contributed by atoms with Crippen LogP contribution in [0.15, 0.2) is 72.8 Å². The lowest BCUT2D eigenvalue weighted by atomic mass is 9.96. The molecule has 1 amide bonds. The number of methoxy groups -OCH3 is 1. The van der Waals surface area contributed by atoms with Crippen molar-refractivity contribution >= 4 is 23.2 Å². The number of carbonyl (C=O) groups is 1. The van der Waals surface area contributed by atoms with Crippen LogP contribution >= 0.6 is 11.6 Å². The molecule has 1 unspecified atom stereocenters. The summed E-state index contributed by atoms with van der Waals surface area (Å²) >= 11 is 6.26. The molecule has 0 fully saturated rings. The molecule has 0 aromatic heterocycles. The average Bonchev–Trinajstić information content (AvgIpc) is 2.74. The Labute approximate surface area is 182 Å². The van der Waals surface area contributed by atoms with Crippen molar-refractivity contribution in [2.75, 3.05) is 18.6 Å². The van der Waals surface area contributed by atoms with Gasteiger partial charge in [-0.05, 0) is 41.8 Å². The van der Waals surface area contributed by atoms with Crippen LogP contribution in [0.5, 0.6) is 5.75 Å². The highest BCUT2D eigenvalue weighted by Gasteiger charge is 2.26. The Bertz CT molecular complexity index is 1020. The molecule has 3 aromatic carbocycles. The van der Waals surface area contributed by atoms with Gasteiger partial charge in [-0.15, -0.1) is 0 Å². The Morgan fingerprint density at radius 2 is 1.87 bits per heavy atom. The lowest BCUT2D eigenvalue weighted by Crippen LogP contribution is -2.48. The van der Waals surface area contributed by atoms with Crippen LogP contribution < -0.4 is 15.0 Å². The largest absolute Gasteiger partial charge is 0.496 e. The fourth-order valence-electron chi connectivity index (χ4n) is 4.07. The smallest absolute Gasteiger partial charge is 0.224 e. The fraction of sp³-hybridized carbons (Fsp3) is 0.240. The summed E-state index contributed by atoms with van der Waals surface area (Å²) in [6.45, 7) is 1.54. The number of ether oxygens (including phenoxy) is 1. The van der Waals surface area contributed by atoms with Crippen molar-refractivity contribution in [1.29, 1.82) is 0 Å². The zero-order chi connectivity index (χ0) is 20.9. The van der Waals surface area contributed by atoms with Crippen LogP contribution in [-0.2, 0) is 24.2 Å². The third-order valence-electron chi connectivity index (χ3n) is 5.41. The summed E-state index contributed by atoms with van der Waals surface area (Å²) in [4.78, 5) is 15.1. The van der Waals surface area contributed by atoms with Gasteiger partial charge in [-0.25, -0.2) is 0 Å². The van der Waals surface area contributed by atoms with E-state index in [4.69, 9.17) is 16.3 Å². The van der Waals surface area contributed by atoms with Crippen molar-refractivity contribution < 1.29 is 9.53 Å². The number of rotatable bonds is 6. The number of hydrogen-bond donors (Lipinski definition) is 1. The maximum absolute atomic E-state index is 12.8. The number of para-hydroxylation sites is 1. The fourth-order valence-corrected chi connectivity index (χ4v) is 4.27. The standard InChI is InChI=1S/C25H25ClN2O2/c1-30-24-10-6-5-9-19(24)15-25(29)27-22-14-20-13-21(26)11-12-23(20)28(17-22)16-18-7-3-2-4-8-18/h2-13,22H,14-17H2,1H3,(H,27,29). The topological polar surface area (TPSA) is 41.6 Å². The maximum Gasteiger partial charge on any atom is 0.224 e. The van der Waals surface area contributed by atoms with E-state index in [1.807, 2.05) is 42.5 Å². The molecule has 4 nitrogen and oxygen atoms in total. The van der Waals surface area contributed by atoms with Gasteiger partial charge in [0.15, 0.2) is 0 Å². The molecular formula is C25H25ClN2O2. The summed E-state index contributed by atoms with van der Waals surface area (Å²) < 4.78 is 5.38. The molecule has 1 N–H and O–H groups in total. The number of amides is 1. The normalized spacial score (nSPS) is 15.4. The van der Waals surface area contributed by atoms with E-state index in [9.17, 15) is 4.79 Å². The second kappa shape index (κ2) is 9.23. The van der Waals surface area contributed by atoms with Gasteiger partial charge in [0.1, 0.15) is 5.75 Å². The zero-order valence-corrected chi connectivity index (χ0v) is 17.7. The highest BCUT2D eigenvalue weighted by molar-refractivity contribution is 6.30. The van der Waals surface area contributed by atoms with Crippen molar-refractivity contribution in [1.82, 2.24) is 5.32 Å². The number of anilines is 1. The minimum atomic E-state index is -0.00496.